The topological polar surface area (TPSA) is 102 Å². The molecule has 0 bridgehead atoms. The molecule has 2 aromatic carbocycles. The number of Topliss-reactive ketones (excluding diaryl/α,β-unsaturated/α-hetero) is 1. The molecule has 0 aliphatic heterocycles. The SMILES string of the molecule is O=CC(N=Nc1ccc([N+](=O)[O-])cc1)C(=O)c1ccccc1. The fraction of sp³-hybridized carbons (Fsp3) is 0.0667. The molecule has 7 heteroatoms. The van der Waals surface area contributed by atoms with Gasteiger partial charge in [-0.05, 0) is 12.1 Å². The van der Waals surface area contributed by atoms with Gasteiger partial charge < -0.3 is 4.79 Å². The molecule has 0 aliphatic rings. The van der Waals surface area contributed by atoms with E-state index >= 15 is 0 Å². The molecule has 0 amide bonds. The smallest absolute Gasteiger partial charge is 0.269 e. The minimum Gasteiger partial charge on any atom is -0.300 e. The molecule has 7 nitrogen and oxygen atoms in total. The van der Waals surface area contributed by atoms with E-state index in [1.807, 2.05) is 0 Å². The van der Waals surface area contributed by atoms with Crippen LogP contribution in [0.5, 0.6) is 0 Å². The second-order valence-corrected chi connectivity index (χ2v) is 4.30. The Labute approximate surface area is 125 Å². The first-order valence-corrected chi connectivity index (χ1v) is 6.31. The van der Waals surface area contributed by atoms with E-state index < -0.39 is 16.7 Å². The molecule has 0 heterocycles. The summed E-state index contributed by atoms with van der Waals surface area (Å²) < 4.78 is 0. The lowest BCUT2D eigenvalue weighted by molar-refractivity contribution is -0.384. The van der Waals surface area contributed by atoms with Gasteiger partial charge in [-0.15, -0.1) is 0 Å². The molecule has 0 aromatic heterocycles. The van der Waals surface area contributed by atoms with Crippen LogP contribution in [0.15, 0.2) is 64.8 Å². The summed E-state index contributed by atoms with van der Waals surface area (Å²) in [6.45, 7) is 0. The molecule has 0 fully saturated rings. The number of non-ortho nitro benzene ring substituents is 1. The maximum absolute atomic E-state index is 12.1. The van der Waals surface area contributed by atoms with Crippen molar-refractivity contribution >= 4 is 23.4 Å². The predicted molar refractivity (Wildman–Crippen MR) is 78.2 cm³/mol. The van der Waals surface area contributed by atoms with Gasteiger partial charge in [0.1, 0.15) is 0 Å². The molecule has 0 radical (unpaired) electrons. The molecule has 2 aromatic rings. The molecule has 1 atom stereocenters. The third-order valence-electron chi connectivity index (χ3n) is 2.81. The number of carbonyl (C=O) groups excluding carboxylic acids is 2. The van der Waals surface area contributed by atoms with Crippen molar-refractivity contribution in [1.82, 2.24) is 0 Å². The maximum Gasteiger partial charge on any atom is 0.269 e. The van der Waals surface area contributed by atoms with Crippen LogP contribution in [-0.4, -0.2) is 23.0 Å². The Balaban J connectivity index is 2.14. The van der Waals surface area contributed by atoms with Crippen LogP contribution in [0, 0.1) is 10.1 Å². The molecular formula is C15H11N3O4. The lowest BCUT2D eigenvalue weighted by Crippen LogP contribution is -2.19. The third-order valence-corrected chi connectivity index (χ3v) is 2.81. The minimum atomic E-state index is -1.24. The van der Waals surface area contributed by atoms with Crippen molar-refractivity contribution in [2.75, 3.05) is 0 Å². The van der Waals surface area contributed by atoms with Crippen LogP contribution in [0.2, 0.25) is 0 Å². The normalized spacial score (nSPS) is 12.0. The van der Waals surface area contributed by atoms with Crippen LogP contribution < -0.4 is 0 Å². The number of ketones is 1. The molecule has 1 unspecified atom stereocenters. The van der Waals surface area contributed by atoms with E-state index in [0.717, 1.165) is 0 Å². The summed E-state index contributed by atoms with van der Waals surface area (Å²) in [7, 11) is 0. The van der Waals surface area contributed by atoms with Crippen molar-refractivity contribution in [3.8, 4) is 0 Å². The summed E-state index contributed by atoms with van der Waals surface area (Å²) in [6, 6.07) is 12.4. The van der Waals surface area contributed by atoms with Crippen molar-refractivity contribution in [3.05, 3.63) is 70.3 Å². The number of aldehydes is 1. The summed E-state index contributed by atoms with van der Waals surface area (Å²) in [5.41, 5.74) is 0.604. The number of rotatable bonds is 6. The Bertz CT molecular complexity index is 711. The number of carbonyl (C=O) groups is 2. The zero-order valence-electron chi connectivity index (χ0n) is 11.3. The van der Waals surface area contributed by atoms with Crippen molar-refractivity contribution in [2.45, 2.75) is 6.04 Å². The highest BCUT2D eigenvalue weighted by Gasteiger charge is 2.18. The van der Waals surface area contributed by atoms with Crippen molar-refractivity contribution in [1.29, 1.82) is 0 Å². The van der Waals surface area contributed by atoms with Gasteiger partial charge in [0.05, 0.1) is 10.6 Å². The summed E-state index contributed by atoms with van der Waals surface area (Å²) in [5.74, 6) is -0.457. The van der Waals surface area contributed by atoms with E-state index in [2.05, 4.69) is 10.2 Å². The van der Waals surface area contributed by atoms with Gasteiger partial charge in [-0.1, -0.05) is 30.3 Å². The fourth-order valence-electron chi connectivity index (χ4n) is 1.68. The monoisotopic (exact) mass is 297 g/mol. The fourth-order valence-corrected chi connectivity index (χ4v) is 1.68. The molecule has 0 saturated carbocycles. The lowest BCUT2D eigenvalue weighted by Gasteiger charge is -2.02. The number of nitro groups is 1. The number of nitro benzene ring substituents is 1. The summed E-state index contributed by atoms with van der Waals surface area (Å²) in [4.78, 5) is 33.1. The van der Waals surface area contributed by atoms with Crippen molar-refractivity contribution < 1.29 is 14.5 Å². The average molecular weight is 297 g/mol. The van der Waals surface area contributed by atoms with E-state index in [-0.39, 0.29) is 5.69 Å². The number of nitrogens with zero attached hydrogens (tertiary/aromatic N) is 3. The van der Waals surface area contributed by atoms with E-state index in [4.69, 9.17) is 0 Å². The number of hydrogen-bond acceptors (Lipinski definition) is 6. The van der Waals surface area contributed by atoms with Gasteiger partial charge in [0, 0.05) is 17.7 Å². The second-order valence-electron chi connectivity index (χ2n) is 4.30. The second kappa shape index (κ2) is 6.98. The van der Waals surface area contributed by atoms with E-state index in [1.54, 1.807) is 30.3 Å². The van der Waals surface area contributed by atoms with Crippen LogP contribution in [0.25, 0.3) is 0 Å². The molecule has 2 rings (SSSR count). The van der Waals surface area contributed by atoms with E-state index in [0.29, 0.717) is 17.5 Å². The van der Waals surface area contributed by atoms with Gasteiger partial charge in [0.25, 0.3) is 5.69 Å². The largest absolute Gasteiger partial charge is 0.300 e. The molecule has 0 aliphatic carbocycles. The summed E-state index contributed by atoms with van der Waals surface area (Å²) in [6.07, 6.45) is 0.407. The van der Waals surface area contributed by atoms with Crippen LogP contribution in [0.1, 0.15) is 10.4 Å². The Morgan fingerprint density at radius 1 is 1.09 bits per heavy atom. The average Bonchev–Trinajstić information content (AvgIpc) is 2.56. The molecular weight excluding hydrogens is 286 g/mol. The first-order chi connectivity index (χ1) is 10.6. The highest BCUT2D eigenvalue weighted by atomic mass is 16.6. The van der Waals surface area contributed by atoms with E-state index in [1.165, 1.54) is 24.3 Å². The van der Waals surface area contributed by atoms with Gasteiger partial charge in [0.15, 0.2) is 18.1 Å². The standard InChI is InChI=1S/C15H11N3O4/c19-10-14(15(20)11-4-2-1-3-5-11)17-16-12-6-8-13(9-7-12)18(21)22/h1-10,14H. The number of hydrogen-bond donors (Lipinski definition) is 0. The van der Waals surface area contributed by atoms with Gasteiger partial charge >= 0.3 is 0 Å². The van der Waals surface area contributed by atoms with Gasteiger partial charge in [-0.2, -0.15) is 10.2 Å². The number of azo groups is 1. The maximum atomic E-state index is 12.1. The Morgan fingerprint density at radius 3 is 2.27 bits per heavy atom. The molecule has 22 heavy (non-hydrogen) atoms. The summed E-state index contributed by atoms with van der Waals surface area (Å²) >= 11 is 0. The molecule has 110 valence electrons. The Hall–Kier alpha value is -3.22. The zero-order chi connectivity index (χ0) is 15.9. The molecule has 0 spiro atoms. The van der Waals surface area contributed by atoms with Crippen LogP contribution in [0.3, 0.4) is 0 Å². The predicted octanol–water partition coefficient (Wildman–Crippen LogP) is 3.13. The third kappa shape index (κ3) is 3.66. The van der Waals surface area contributed by atoms with Gasteiger partial charge in [-0.25, -0.2) is 0 Å². The summed E-state index contributed by atoms with van der Waals surface area (Å²) in [5, 5.41) is 18.0. The van der Waals surface area contributed by atoms with Crippen LogP contribution in [-0.2, 0) is 4.79 Å². The van der Waals surface area contributed by atoms with Crippen LogP contribution >= 0.6 is 0 Å². The number of benzene rings is 2. The quantitative estimate of drug-likeness (QED) is 0.204. The van der Waals surface area contributed by atoms with Crippen molar-refractivity contribution in [3.63, 3.8) is 0 Å². The van der Waals surface area contributed by atoms with Crippen LogP contribution in [0.4, 0.5) is 11.4 Å². The van der Waals surface area contributed by atoms with Crippen molar-refractivity contribution in [2.24, 2.45) is 10.2 Å². The zero-order valence-corrected chi connectivity index (χ0v) is 11.3. The highest BCUT2D eigenvalue weighted by Crippen LogP contribution is 2.18. The molecule has 0 N–H and O–H groups in total. The minimum absolute atomic E-state index is 0.0775. The van der Waals surface area contributed by atoms with E-state index in [9.17, 15) is 19.7 Å². The molecule has 0 saturated heterocycles. The highest BCUT2D eigenvalue weighted by molar-refractivity contribution is 6.08. The Kier molecular flexibility index (Phi) is 4.81. The van der Waals surface area contributed by atoms with Gasteiger partial charge in [0.2, 0.25) is 0 Å². The lowest BCUT2D eigenvalue weighted by atomic mass is 10.1. The first-order valence-electron chi connectivity index (χ1n) is 6.31. The van der Waals surface area contributed by atoms with Gasteiger partial charge in [-0.3, -0.25) is 14.9 Å². The first kappa shape index (κ1) is 15.2. The Morgan fingerprint density at radius 2 is 1.73 bits per heavy atom.